The molecule has 0 bridgehead atoms. The third kappa shape index (κ3) is 4.57. The van der Waals surface area contributed by atoms with Crippen LogP contribution in [0.2, 0.25) is 0 Å². The fourth-order valence-corrected chi connectivity index (χ4v) is 3.73. The second-order valence-electron chi connectivity index (χ2n) is 7.63. The fourth-order valence-electron chi connectivity index (χ4n) is 3.73. The van der Waals surface area contributed by atoms with Crippen molar-refractivity contribution in [2.75, 3.05) is 15.5 Å². The molecule has 2 N–H and O–H groups in total. The molecule has 33 heavy (non-hydrogen) atoms. The van der Waals surface area contributed by atoms with E-state index in [0.29, 0.717) is 17.1 Å². The molecule has 0 spiro atoms. The van der Waals surface area contributed by atoms with Crippen molar-refractivity contribution in [1.82, 2.24) is 0 Å². The number of anilines is 3. The van der Waals surface area contributed by atoms with Gasteiger partial charge >= 0.3 is 0 Å². The van der Waals surface area contributed by atoms with Gasteiger partial charge in [0, 0.05) is 23.4 Å². The first-order valence-electron chi connectivity index (χ1n) is 10.2. The van der Waals surface area contributed by atoms with E-state index in [1.165, 1.54) is 23.1 Å². The number of hydrogen-bond donors (Lipinski definition) is 2. The van der Waals surface area contributed by atoms with E-state index >= 15 is 0 Å². The van der Waals surface area contributed by atoms with Crippen molar-refractivity contribution in [2.45, 2.75) is 19.4 Å². The number of nitrogens with one attached hydrogen (secondary N) is 2. The summed E-state index contributed by atoms with van der Waals surface area (Å²) < 4.78 is 0. The molecule has 1 heterocycles. The van der Waals surface area contributed by atoms with Crippen molar-refractivity contribution in [3.8, 4) is 0 Å². The molecule has 0 radical (unpaired) electrons. The Kier molecular flexibility index (Phi) is 5.86. The largest absolute Gasteiger partial charge is 0.326 e. The number of carbonyl (C=O) groups is 3. The van der Waals surface area contributed by atoms with E-state index in [4.69, 9.17) is 0 Å². The molecule has 4 rings (SSSR count). The van der Waals surface area contributed by atoms with Gasteiger partial charge in [0.15, 0.2) is 0 Å². The minimum atomic E-state index is -1.14. The number of nitrogens with zero attached hydrogens (tertiary/aromatic N) is 2. The molecule has 0 fully saturated rings. The summed E-state index contributed by atoms with van der Waals surface area (Å²) in [5.41, 5.74) is 2.15. The van der Waals surface area contributed by atoms with Gasteiger partial charge in [-0.25, -0.2) is 0 Å². The van der Waals surface area contributed by atoms with Gasteiger partial charge in [0.2, 0.25) is 11.8 Å². The predicted molar refractivity (Wildman–Crippen MR) is 123 cm³/mol. The number of benzene rings is 3. The Morgan fingerprint density at radius 3 is 2.58 bits per heavy atom. The molecular weight excluding hydrogens is 424 g/mol. The van der Waals surface area contributed by atoms with Crippen molar-refractivity contribution in [2.24, 2.45) is 0 Å². The quantitative estimate of drug-likeness (QED) is 0.457. The van der Waals surface area contributed by atoms with E-state index in [9.17, 15) is 24.5 Å². The molecular formula is C24H20N4O5. The number of non-ortho nitro benzene ring substituents is 1. The molecule has 1 aliphatic heterocycles. The molecule has 0 aliphatic carbocycles. The highest BCUT2D eigenvalue weighted by molar-refractivity contribution is 6.18. The number of rotatable bonds is 5. The van der Waals surface area contributed by atoms with Crippen LogP contribution in [0.15, 0.2) is 72.8 Å². The predicted octanol–water partition coefficient (Wildman–Crippen LogP) is 3.90. The van der Waals surface area contributed by atoms with Gasteiger partial charge < -0.3 is 10.6 Å². The van der Waals surface area contributed by atoms with Gasteiger partial charge in [-0.15, -0.1) is 0 Å². The molecule has 1 aliphatic rings. The maximum Gasteiger partial charge on any atom is 0.270 e. The molecule has 9 nitrogen and oxygen atoms in total. The number of amides is 3. The van der Waals surface area contributed by atoms with Crippen molar-refractivity contribution in [1.29, 1.82) is 0 Å². The van der Waals surface area contributed by atoms with Crippen LogP contribution in [0, 0.1) is 17.0 Å². The van der Waals surface area contributed by atoms with Crippen LogP contribution < -0.4 is 15.5 Å². The summed E-state index contributed by atoms with van der Waals surface area (Å²) in [6, 6.07) is 18.0. The van der Waals surface area contributed by atoms with Crippen molar-refractivity contribution in [3.63, 3.8) is 0 Å². The molecule has 3 aromatic rings. The molecule has 9 heteroatoms. The van der Waals surface area contributed by atoms with Gasteiger partial charge in [-0.2, -0.15) is 0 Å². The average Bonchev–Trinajstić information content (AvgIpc) is 2.79. The lowest BCUT2D eigenvalue weighted by molar-refractivity contribution is -0.384. The standard InChI is InChI=1S/C24H20N4O5/c1-15-6-4-8-17(12-15)25-22(29)14-21-23(30)26-19-10-2-3-11-20(19)27(21)24(31)16-7-5-9-18(13-16)28(32)33/h2-13,21H,14H2,1H3,(H,25,29)(H,26,30)/t21-/m0/s1. The molecule has 0 aromatic heterocycles. The van der Waals surface area contributed by atoms with Gasteiger partial charge in [-0.1, -0.05) is 30.3 Å². The van der Waals surface area contributed by atoms with Gasteiger partial charge in [0.25, 0.3) is 11.6 Å². The smallest absolute Gasteiger partial charge is 0.270 e. The lowest BCUT2D eigenvalue weighted by Crippen LogP contribution is -2.52. The second kappa shape index (κ2) is 8.91. The van der Waals surface area contributed by atoms with Gasteiger partial charge in [0.05, 0.1) is 22.7 Å². The Hall–Kier alpha value is -4.53. The Bertz CT molecular complexity index is 1270. The molecule has 0 unspecified atom stereocenters. The normalized spacial score (nSPS) is 14.8. The van der Waals surface area contributed by atoms with Crippen LogP contribution >= 0.6 is 0 Å². The first-order chi connectivity index (χ1) is 15.8. The average molecular weight is 444 g/mol. The molecule has 166 valence electrons. The Balaban J connectivity index is 1.68. The lowest BCUT2D eigenvalue weighted by atomic mass is 10.0. The van der Waals surface area contributed by atoms with E-state index in [0.717, 1.165) is 11.6 Å². The number of nitro benzene ring substituents is 1. The third-order valence-corrected chi connectivity index (χ3v) is 5.24. The highest BCUT2D eigenvalue weighted by Crippen LogP contribution is 2.34. The summed E-state index contributed by atoms with van der Waals surface area (Å²) in [5, 5.41) is 16.7. The van der Waals surface area contributed by atoms with E-state index in [2.05, 4.69) is 10.6 Å². The summed E-state index contributed by atoms with van der Waals surface area (Å²) in [6.07, 6.45) is -0.297. The van der Waals surface area contributed by atoms with Crippen LogP contribution in [0.3, 0.4) is 0 Å². The summed E-state index contributed by atoms with van der Waals surface area (Å²) in [7, 11) is 0. The summed E-state index contributed by atoms with van der Waals surface area (Å²) in [6.45, 7) is 1.89. The van der Waals surface area contributed by atoms with Crippen molar-refractivity contribution < 1.29 is 19.3 Å². The SMILES string of the molecule is Cc1cccc(NC(=O)C[C@H]2C(=O)Nc3ccccc3N2C(=O)c2cccc([N+](=O)[O-])c2)c1. The monoisotopic (exact) mass is 444 g/mol. The van der Waals surface area contributed by atoms with Crippen LogP contribution in [-0.4, -0.2) is 28.7 Å². The highest BCUT2D eigenvalue weighted by atomic mass is 16.6. The van der Waals surface area contributed by atoms with Crippen molar-refractivity contribution >= 4 is 40.5 Å². The molecule has 1 atom stereocenters. The first-order valence-corrected chi connectivity index (χ1v) is 10.2. The summed E-state index contributed by atoms with van der Waals surface area (Å²) in [4.78, 5) is 51.0. The first kappa shape index (κ1) is 21.7. The fraction of sp³-hybridized carbons (Fsp3) is 0.125. The Morgan fingerprint density at radius 1 is 1.06 bits per heavy atom. The maximum absolute atomic E-state index is 13.5. The number of hydrogen-bond acceptors (Lipinski definition) is 5. The van der Waals surface area contributed by atoms with Crippen LogP contribution in [0.4, 0.5) is 22.7 Å². The molecule has 3 amide bonds. The number of carbonyl (C=O) groups excluding carboxylic acids is 3. The Labute approximate surface area is 189 Å². The number of aryl methyl sites for hydroxylation is 1. The zero-order chi connectivity index (χ0) is 23.5. The van der Waals surface area contributed by atoms with Crippen molar-refractivity contribution in [3.05, 3.63) is 94.0 Å². The van der Waals surface area contributed by atoms with Crippen LogP contribution in [0.1, 0.15) is 22.3 Å². The second-order valence-corrected chi connectivity index (χ2v) is 7.63. The minimum Gasteiger partial charge on any atom is -0.326 e. The summed E-state index contributed by atoms with van der Waals surface area (Å²) in [5.74, 6) is -1.58. The topological polar surface area (TPSA) is 122 Å². The van der Waals surface area contributed by atoms with E-state index in [1.807, 2.05) is 13.0 Å². The number of nitro groups is 1. The van der Waals surface area contributed by atoms with Gasteiger partial charge in [0.1, 0.15) is 6.04 Å². The molecule has 3 aromatic carbocycles. The van der Waals surface area contributed by atoms with Crippen LogP contribution in [-0.2, 0) is 9.59 Å². The zero-order valence-electron chi connectivity index (χ0n) is 17.6. The highest BCUT2D eigenvalue weighted by Gasteiger charge is 2.38. The maximum atomic E-state index is 13.5. The lowest BCUT2D eigenvalue weighted by Gasteiger charge is -2.36. The Morgan fingerprint density at radius 2 is 1.82 bits per heavy atom. The van der Waals surface area contributed by atoms with E-state index in [-0.39, 0.29) is 17.7 Å². The van der Waals surface area contributed by atoms with Crippen LogP contribution in [0.25, 0.3) is 0 Å². The van der Waals surface area contributed by atoms with E-state index < -0.39 is 28.7 Å². The van der Waals surface area contributed by atoms with Gasteiger partial charge in [-0.3, -0.25) is 29.4 Å². The number of fused-ring (bicyclic) bond motifs is 1. The molecule has 0 saturated carbocycles. The van der Waals surface area contributed by atoms with E-state index in [1.54, 1.807) is 42.5 Å². The molecule has 0 saturated heterocycles. The summed E-state index contributed by atoms with van der Waals surface area (Å²) >= 11 is 0. The number of para-hydroxylation sites is 2. The third-order valence-electron chi connectivity index (χ3n) is 5.24. The van der Waals surface area contributed by atoms with Crippen LogP contribution in [0.5, 0.6) is 0 Å². The zero-order valence-corrected chi connectivity index (χ0v) is 17.6. The van der Waals surface area contributed by atoms with Gasteiger partial charge in [-0.05, 0) is 42.8 Å². The minimum absolute atomic E-state index is 0.0396.